The SMILES string of the molecule is C/C(C[C@H](OC(=O)Nc1ccc(F)cc1F)c1ccc(OCCO)cc1)=C(/C)C(=O)NO. The molecule has 32 heavy (non-hydrogen) atoms. The predicted octanol–water partition coefficient (Wildman–Crippen LogP) is 3.86. The van der Waals surface area contributed by atoms with Gasteiger partial charge in [0, 0.05) is 18.1 Å². The van der Waals surface area contributed by atoms with Gasteiger partial charge in [-0.25, -0.2) is 19.1 Å². The highest BCUT2D eigenvalue weighted by molar-refractivity contribution is 5.92. The predicted molar refractivity (Wildman–Crippen MR) is 111 cm³/mol. The van der Waals surface area contributed by atoms with Crippen molar-refractivity contribution in [2.75, 3.05) is 18.5 Å². The first kappa shape index (κ1) is 24.8. The Morgan fingerprint density at radius 1 is 1.09 bits per heavy atom. The first-order chi connectivity index (χ1) is 15.2. The zero-order valence-corrected chi connectivity index (χ0v) is 17.5. The van der Waals surface area contributed by atoms with Crippen molar-refractivity contribution in [1.29, 1.82) is 0 Å². The van der Waals surface area contributed by atoms with E-state index in [4.69, 9.17) is 19.8 Å². The van der Waals surface area contributed by atoms with Gasteiger partial charge in [0.15, 0.2) is 0 Å². The third-order valence-electron chi connectivity index (χ3n) is 4.60. The maximum absolute atomic E-state index is 13.8. The molecule has 2 aromatic rings. The Labute approximate surface area is 183 Å². The minimum atomic E-state index is -0.988. The summed E-state index contributed by atoms with van der Waals surface area (Å²) in [7, 11) is 0. The first-order valence-corrected chi connectivity index (χ1v) is 9.62. The van der Waals surface area contributed by atoms with E-state index in [1.54, 1.807) is 36.7 Å². The number of aliphatic hydroxyl groups excluding tert-OH is 1. The van der Waals surface area contributed by atoms with Gasteiger partial charge in [-0.3, -0.25) is 15.3 Å². The zero-order chi connectivity index (χ0) is 23.7. The largest absolute Gasteiger partial charge is 0.491 e. The fraction of sp³-hybridized carbons (Fsp3) is 0.273. The molecule has 10 heteroatoms. The van der Waals surface area contributed by atoms with Crippen molar-refractivity contribution in [3.8, 4) is 5.75 Å². The van der Waals surface area contributed by atoms with Gasteiger partial charge in [-0.15, -0.1) is 0 Å². The number of hydrogen-bond donors (Lipinski definition) is 4. The van der Waals surface area contributed by atoms with E-state index in [1.165, 1.54) is 6.92 Å². The highest BCUT2D eigenvalue weighted by atomic mass is 19.1. The van der Waals surface area contributed by atoms with Crippen LogP contribution < -0.4 is 15.5 Å². The molecule has 0 aromatic heterocycles. The van der Waals surface area contributed by atoms with Crippen molar-refractivity contribution in [2.24, 2.45) is 0 Å². The van der Waals surface area contributed by atoms with E-state index in [9.17, 15) is 18.4 Å². The molecule has 172 valence electrons. The average Bonchev–Trinajstić information content (AvgIpc) is 2.78. The number of halogens is 2. The number of aliphatic hydroxyl groups is 1. The molecule has 0 aliphatic heterocycles. The molecule has 8 nitrogen and oxygen atoms in total. The second kappa shape index (κ2) is 11.8. The average molecular weight is 450 g/mol. The van der Waals surface area contributed by atoms with E-state index in [2.05, 4.69) is 5.32 Å². The third-order valence-corrected chi connectivity index (χ3v) is 4.60. The van der Waals surface area contributed by atoms with Gasteiger partial charge in [-0.2, -0.15) is 0 Å². The van der Waals surface area contributed by atoms with E-state index < -0.39 is 29.7 Å². The highest BCUT2D eigenvalue weighted by Crippen LogP contribution is 2.29. The number of benzene rings is 2. The van der Waals surface area contributed by atoms with Gasteiger partial charge in [0.25, 0.3) is 5.91 Å². The van der Waals surface area contributed by atoms with E-state index in [0.29, 0.717) is 23.0 Å². The molecule has 0 aliphatic rings. The fourth-order valence-corrected chi connectivity index (χ4v) is 2.74. The van der Waals surface area contributed by atoms with Crippen LogP contribution >= 0.6 is 0 Å². The van der Waals surface area contributed by atoms with E-state index >= 15 is 0 Å². The Balaban J connectivity index is 2.24. The maximum Gasteiger partial charge on any atom is 0.412 e. The first-order valence-electron chi connectivity index (χ1n) is 9.62. The summed E-state index contributed by atoms with van der Waals surface area (Å²) < 4.78 is 37.7. The molecular formula is C22H24F2N2O6. The molecule has 0 spiro atoms. The van der Waals surface area contributed by atoms with Crippen molar-refractivity contribution in [2.45, 2.75) is 26.4 Å². The lowest BCUT2D eigenvalue weighted by Gasteiger charge is -2.20. The summed E-state index contributed by atoms with van der Waals surface area (Å²) in [6, 6.07) is 9.19. The van der Waals surface area contributed by atoms with Gasteiger partial charge >= 0.3 is 6.09 Å². The molecule has 0 bridgehead atoms. The topological polar surface area (TPSA) is 117 Å². The molecule has 0 aliphatic carbocycles. The monoisotopic (exact) mass is 450 g/mol. The molecule has 0 saturated carbocycles. The molecule has 0 radical (unpaired) electrons. The number of hydrogen-bond acceptors (Lipinski definition) is 6. The van der Waals surface area contributed by atoms with Crippen LogP contribution in [0.2, 0.25) is 0 Å². The summed E-state index contributed by atoms with van der Waals surface area (Å²) in [6.45, 7) is 3.10. The summed E-state index contributed by atoms with van der Waals surface area (Å²) >= 11 is 0. The molecule has 0 unspecified atom stereocenters. The smallest absolute Gasteiger partial charge is 0.412 e. The van der Waals surface area contributed by atoms with Crippen molar-refractivity contribution in [3.63, 3.8) is 0 Å². The molecule has 0 heterocycles. The van der Waals surface area contributed by atoms with E-state index in [1.807, 2.05) is 0 Å². The molecule has 0 fully saturated rings. The summed E-state index contributed by atoms with van der Waals surface area (Å²) in [5.41, 5.74) is 2.60. The quantitative estimate of drug-likeness (QED) is 0.262. The number of ether oxygens (including phenoxy) is 2. The lowest BCUT2D eigenvalue weighted by Crippen LogP contribution is -2.22. The van der Waals surface area contributed by atoms with E-state index in [0.717, 1.165) is 12.1 Å². The second-order valence-electron chi connectivity index (χ2n) is 6.83. The minimum Gasteiger partial charge on any atom is -0.491 e. The second-order valence-corrected chi connectivity index (χ2v) is 6.83. The summed E-state index contributed by atoms with van der Waals surface area (Å²) in [4.78, 5) is 24.1. The van der Waals surface area contributed by atoms with Gasteiger partial charge < -0.3 is 14.6 Å². The number of anilines is 1. The highest BCUT2D eigenvalue weighted by Gasteiger charge is 2.21. The molecular weight excluding hydrogens is 426 g/mol. The fourth-order valence-electron chi connectivity index (χ4n) is 2.74. The van der Waals surface area contributed by atoms with Crippen molar-refractivity contribution in [3.05, 3.63) is 70.8 Å². The Morgan fingerprint density at radius 3 is 2.38 bits per heavy atom. The Kier molecular flexibility index (Phi) is 9.11. The van der Waals surface area contributed by atoms with Crippen molar-refractivity contribution in [1.82, 2.24) is 5.48 Å². The van der Waals surface area contributed by atoms with Crippen LogP contribution in [-0.4, -0.2) is 35.5 Å². The lowest BCUT2D eigenvalue weighted by molar-refractivity contribution is -0.125. The van der Waals surface area contributed by atoms with Crippen LogP contribution in [0.4, 0.5) is 19.3 Å². The molecule has 2 aromatic carbocycles. The van der Waals surface area contributed by atoms with Crippen LogP contribution in [0.5, 0.6) is 5.75 Å². The number of rotatable bonds is 9. The van der Waals surface area contributed by atoms with Crippen molar-refractivity contribution >= 4 is 17.7 Å². The van der Waals surface area contributed by atoms with Crippen LogP contribution in [0, 0.1) is 11.6 Å². The van der Waals surface area contributed by atoms with Crippen LogP contribution in [0.15, 0.2) is 53.6 Å². The van der Waals surface area contributed by atoms with Gasteiger partial charge in [0.2, 0.25) is 0 Å². The molecule has 4 N–H and O–H groups in total. The third kappa shape index (κ3) is 7.03. The number of carbonyl (C=O) groups is 2. The maximum atomic E-state index is 13.8. The molecule has 2 rings (SSSR count). The van der Waals surface area contributed by atoms with Gasteiger partial charge in [0.1, 0.15) is 30.1 Å². The minimum absolute atomic E-state index is 0.0927. The zero-order valence-electron chi connectivity index (χ0n) is 17.5. The number of amides is 2. The number of carbonyl (C=O) groups excluding carboxylic acids is 2. The van der Waals surface area contributed by atoms with Crippen LogP contribution in [0.25, 0.3) is 0 Å². The number of hydroxylamine groups is 1. The van der Waals surface area contributed by atoms with E-state index in [-0.39, 0.29) is 30.9 Å². The van der Waals surface area contributed by atoms with Gasteiger partial charge in [0.05, 0.1) is 12.3 Å². The Morgan fingerprint density at radius 2 is 1.78 bits per heavy atom. The summed E-state index contributed by atoms with van der Waals surface area (Å²) in [5.74, 6) is -1.97. The standard InChI is InChI=1S/C22H24F2N2O6/c1-13(14(2)21(28)26-30)11-20(15-3-6-17(7-4-15)31-10-9-27)32-22(29)25-19-8-5-16(23)12-18(19)24/h3-8,12,20,27,30H,9-11H2,1-2H3,(H,25,29)(H,26,28)/b14-13+/t20-/m0/s1. The summed E-state index contributed by atoms with van der Waals surface area (Å²) in [6.07, 6.45) is -1.78. The van der Waals surface area contributed by atoms with Crippen molar-refractivity contribution < 1.29 is 38.2 Å². The normalized spacial score (nSPS) is 12.4. The van der Waals surface area contributed by atoms with Crippen LogP contribution in [-0.2, 0) is 9.53 Å². The van der Waals surface area contributed by atoms with Gasteiger partial charge in [-0.1, -0.05) is 17.7 Å². The molecule has 2 amide bonds. The van der Waals surface area contributed by atoms with Crippen LogP contribution in [0.1, 0.15) is 31.9 Å². The van der Waals surface area contributed by atoms with Gasteiger partial charge in [-0.05, 0) is 43.7 Å². The molecule has 0 saturated heterocycles. The summed E-state index contributed by atoms with van der Waals surface area (Å²) in [5, 5.41) is 19.9. The lowest BCUT2D eigenvalue weighted by atomic mass is 9.98. The van der Waals surface area contributed by atoms with Crippen LogP contribution in [0.3, 0.4) is 0 Å². The molecule has 1 atom stereocenters. The number of nitrogens with one attached hydrogen (secondary N) is 2. The Hall–Kier alpha value is -3.50. The Bertz CT molecular complexity index is 979.